The van der Waals surface area contributed by atoms with E-state index in [4.69, 9.17) is 6.58 Å². The van der Waals surface area contributed by atoms with Crippen LogP contribution in [-0.2, 0) is 0 Å². The van der Waals surface area contributed by atoms with Crippen molar-refractivity contribution < 1.29 is 0 Å². The lowest BCUT2D eigenvalue weighted by molar-refractivity contribution is 0.215. The molecule has 3 aliphatic rings. The number of allylic oxidation sites excluding steroid dienone is 5. The summed E-state index contributed by atoms with van der Waals surface area (Å²) in [7, 11) is 0. The van der Waals surface area contributed by atoms with Crippen LogP contribution in [0.15, 0.2) is 36.5 Å². The van der Waals surface area contributed by atoms with Gasteiger partial charge in [-0.15, -0.1) is 0 Å². The third-order valence-corrected chi connectivity index (χ3v) is 9.37. The zero-order chi connectivity index (χ0) is 22.6. The van der Waals surface area contributed by atoms with E-state index >= 15 is 0 Å². The maximum absolute atomic E-state index is 4.75. The first-order chi connectivity index (χ1) is 15.7. The minimum Gasteiger partial charge on any atom is -0.0993 e. The Labute approximate surface area is 201 Å². The second-order valence-electron chi connectivity index (χ2n) is 11.6. The van der Waals surface area contributed by atoms with Crippen molar-refractivity contribution in [3.63, 3.8) is 0 Å². The number of hydrogen-bond donors (Lipinski definition) is 0. The molecular formula is C32H54. The lowest BCUT2D eigenvalue weighted by Crippen LogP contribution is -2.26. The molecule has 0 bridgehead atoms. The molecule has 0 aromatic heterocycles. The van der Waals surface area contributed by atoms with E-state index in [1.807, 2.05) is 0 Å². The van der Waals surface area contributed by atoms with Crippen LogP contribution >= 0.6 is 0 Å². The predicted molar refractivity (Wildman–Crippen MR) is 143 cm³/mol. The van der Waals surface area contributed by atoms with Gasteiger partial charge in [0.05, 0.1) is 0 Å². The number of rotatable bonds is 11. The van der Waals surface area contributed by atoms with Crippen LogP contribution in [0.2, 0.25) is 0 Å². The van der Waals surface area contributed by atoms with Crippen molar-refractivity contribution in [2.75, 3.05) is 0 Å². The van der Waals surface area contributed by atoms with Gasteiger partial charge in [0.2, 0.25) is 0 Å². The Morgan fingerprint density at radius 2 is 1.47 bits per heavy atom. The summed E-state index contributed by atoms with van der Waals surface area (Å²) in [5.41, 5.74) is 1.67. The summed E-state index contributed by atoms with van der Waals surface area (Å²) < 4.78 is 0. The van der Waals surface area contributed by atoms with Crippen LogP contribution in [0.3, 0.4) is 0 Å². The maximum atomic E-state index is 4.75. The van der Waals surface area contributed by atoms with Gasteiger partial charge >= 0.3 is 0 Å². The molecule has 0 aromatic rings. The van der Waals surface area contributed by atoms with Gasteiger partial charge in [-0.1, -0.05) is 81.9 Å². The Hall–Kier alpha value is -0.780. The van der Waals surface area contributed by atoms with E-state index in [0.717, 1.165) is 35.5 Å². The van der Waals surface area contributed by atoms with Crippen molar-refractivity contribution in [2.45, 2.75) is 129 Å². The highest BCUT2D eigenvalue weighted by molar-refractivity contribution is 5.10. The summed E-state index contributed by atoms with van der Waals surface area (Å²) in [5.74, 6) is 5.30. The Bertz CT molecular complexity index is 565. The lowest BCUT2D eigenvalue weighted by Gasteiger charge is -2.38. The molecule has 3 aliphatic carbocycles. The Morgan fingerprint density at radius 1 is 0.781 bits per heavy atom. The smallest absolute Gasteiger partial charge is 0.0175 e. The average Bonchev–Trinajstić information content (AvgIpc) is 2.83. The Morgan fingerprint density at radius 3 is 2.16 bits per heavy atom. The van der Waals surface area contributed by atoms with Gasteiger partial charge < -0.3 is 0 Å². The fourth-order valence-electron chi connectivity index (χ4n) is 7.25. The van der Waals surface area contributed by atoms with E-state index in [1.165, 1.54) is 116 Å². The van der Waals surface area contributed by atoms with Crippen LogP contribution < -0.4 is 0 Å². The summed E-state index contributed by atoms with van der Waals surface area (Å²) in [5, 5.41) is 0. The molecule has 2 unspecified atom stereocenters. The molecule has 0 N–H and O–H groups in total. The minimum atomic E-state index is 0.829. The van der Waals surface area contributed by atoms with Crippen molar-refractivity contribution in [3.05, 3.63) is 36.5 Å². The van der Waals surface area contributed by atoms with Crippen LogP contribution in [0.25, 0.3) is 0 Å². The summed E-state index contributed by atoms with van der Waals surface area (Å²) in [6, 6.07) is 0. The van der Waals surface area contributed by atoms with Gasteiger partial charge in [-0.05, 0) is 119 Å². The van der Waals surface area contributed by atoms with Gasteiger partial charge in [-0.2, -0.15) is 0 Å². The monoisotopic (exact) mass is 438 g/mol. The van der Waals surface area contributed by atoms with Gasteiger partial charge in [0.15, 0.2) is 0 Å². The molecule has 182 valence electrons. The molecule has 0 saturated heterocycles. The molecule has 0 aromatic carbocycles. The number of hydrogen-bond acceptors (Lipinski definition) is 0. The Balaban J connectivity index is 1.39. The van der Waals surface area contributed by atoms with E-state index in [-0.39, 0.29) is 0 Å². The molecule has 3 fully saturated rings. The fourth-order valence-corrected chi connectivity index (χ4v) is 7.25. The van der Waals surface area contributed by atoms with E-state index < -0.39 is 0 Å². The topological polar surface area (TPSA) is 0 Å². The van der Waals surface area contributed by atoms with Gasteiger partial charge in [0.25, 0.3) is 0 Å². The molecule has 3 saturated carbocycles. The fraction of sp³-hybridized carbons (Fsp3) is 0.812. The van der Waals surface area contributed by atoms with Crippen LogP contribution in [-0.4, -0.2) is 0 Å². The number of unbranched alkanes of at least 4 members (excludes halogenated alkanes) is 2. The molecule has 32 heavy (non-hydrogen) atoms. The zero-order valence-electron chi connectivity index (χ0n) is 21.7. The van der Waals surface area contributed by atoms with E-state index in [0.29, 0.717) is 0 Å². The third kappa shape index (κ3) is 8.22. The van der Waals surface area contributed by atoms with Crippen molar-refractivity contribution in [1.82, 2.24) is 0 Å². The van der Waals surface area contributed by atoms with Crippen LogP contribution in [0, 0.1) is 35.5 Å². The highest BCUT2D eigenvalue weighted by Gasteiger charge is 2.32. The molecule has 2 atom stereocenters. The summed E-state index contributed by atoms with van der Waals surface area (Å²) in [6.45, 7) is 9.25. The summed E-state index contributed by atoms with van der Waals surface area (Å²) in [4.78, 5) is 0. The van der Waals surface area contributed by atoms with Crippen molar-refractivity contribution in [1.29, 1.82) is 0 Å². The van der Waals surface area contributed by atoms with Crippen LogP contribution in [0.5, 0.6) is 0 Å². The molecule has 0 amide bonds. The van der Waals surface area contributed by atoms with Crippen molar-refractivity contribution in [2.24, 2.45) is 35.5 Å². The molecule has 0 heterocycles. The largest absolute Gasteiger partial charge is 0.0993 e. The zero-order valence-corrected chi connectivity index (χ0v) is 21.7. The summed E-state index contributed by atoms with van der Waals surface area (Å²) >= 11 is 0. The second-order valence-corrected chi connectivity index (χ2v) is 11.6. The normalized spacial score (nSPS) is 34.3. The highest BCUT2D eigenvalue weighted by atomic mass is 14.4. The molecule has 0 radical (unpaired) electrons. The van der Waals surface area contributed by atoms with E-state index in [9.17, 15) is 0 Å². The molecule has 0 nitrogen and oxygen atoms in total. The van der Waals surface area contributed by atoms with Crippen LogP contribution in [0.1, 0.15) is 129 Å². The Kier molecular flexibility index (Phi) is 11.7. The molecule has 0 aliphatic heterocycles. The first kappa shape index (κ1) is 25.8. The first-order valence-corrected chi connectivity index (χ1v) is 14.7. The third-order valence-electron chi connectivity index (χ3n) is 9.37. The summed E-state index contributed by atoms with van der Waals surface area (Å²) in [6.07, 6.45) is 35.4. The molecule has 3 rings (SSSR count). The quantitative estimate of drug-likeness (QED) is 0.222. The molecule has 0 heteroatoms. The first-order valence-electron chi connectivity index (χ1n) is 14.7. The van der Waals surface area contributed by atoms with Gasteiger partial charge in [0.1, 0.15) is 0 Å². The maximum Gasteiger partial charge on any atom is -0.0175 e. The predicted octanol–water partition coefficient (Wildman–Crippen LogP) is 10.5. The van der Waals surface area contributed by atoms with Gasteiger partial charge in [-0.3, -0.25) is 0 Å². The second kappa shape index (κ2) is 14.5. The van der Waals surface area contributed by atoms with Gasteiger partial charge in [0, 0.05) is 0 Å². The average molecular weight is 439 g/mol. The SMILES string of the molecule is C=C(C1CCC(CCCCC)CC1)C1CCCCC1CC/C=C/C1CCC(/C=C/C)CC1. The highest BCUT2D eigenvalue weighted by Crippen LogP contribution is 2.44. The van der Waals surface area contributed by atoms with Crippen LogP contribution in [0.4, 0.5) is 0 Å². The van der Waals surface area contributed by atoms with Crippen molar-refractivity contribution in [3.8, 4) is 0 Å². The minimum absolute atomic E-state index is 0.829. The lowest BCUT2D eigenvalue weighted by atomic mass is 9.67. The molecular weight excluding hydrogens is 384 g/mol. The van der Waals surface area contributed by atoms with Crippen molar-refractivity contribution >= 4 is 0 Å². The van der Waals surface area contributed by atoms with E-state index in [2.05, 4.69) is 38.2 Å². The molecule has 0 spiro atoms. The van der Waals surface area contributed by atoms with E-state index in [1.54, 1.807) is 5.57 Å². The standard InChI is InChI=1S/C32H54/c1-4-6-7-13-29-22-24-30(25-23-29)26(3)32-17-11-10-16-31(32)15-9-8-14-28-20-18-27(12-5-2)19-21-28/h5,8,12,14,27-32H,3-4,6-7,9-11,13,15-25H2,1-2H3/b12-5+,14-8+. The van der Waals surface area contributed by atoms with Gasteiger partial charge in [-0.25, -0.2) is 0 Å².